The topological polar surface area (TPSA) is 113 Å². The van der Waals surface area contributed by atoms with Gasteiger partial charge in [0.05, 0.1) is 12.3 Å². The molecule has 3 aromatic rings. The van der Waals surface area contributed by atoms with Gasteiger partial charge < -0.3 is 9.26 Å². The number of fused-ring (bicyclic) bond motifs is 1. The monoisotopic (exact) mass is 496 g/mol. The van der Waals surface area contributed by atoms with Gasteiger partial charge in [0, 0.05) is 10.0 Å². The third kappa shape index (κ3) is 3.54. The minimum absolute atomic E-state index is 0.0573. The van der Waals surface area contributed by atoms with Gasteiger partial charge in [0.15, 0.2) is 12.1 Å². The standard InChI is InChI=1S/C21H17BrN6O4/c1-2-31-15-8-6-14(7-9-15)28-20(29)17-18(21(28)30)27(26-24-17)11-16-23-19(25-32-16)12-4-3-5-13(22)10-12/h3-10,17-18H,2,11H2,1H3/t17-,18+/m0/s1. The fraction of sp³-hybridized carbons (Fsp3) is 0.238. The summed E-state index contributed by atoms with van der Waals surface area (Å²) in [6.07, 6.45) is 0. The van der Waals surface area contributed by atoms with Crippen molar-refractivity contribution in [1.82, 2.24) is 15.1 Å². The molecule has 2 aliphatic rings. The van der Waals surface area contributed by atoms with E-state index in [2.05, 4.69) is 36.4 Å². The molecular formula is C21H17BrN6O4. The van der Waals surface area contributed by atoms with Crippen LogP contribution in [0.25, 0.3) is 11.4 Å². The van der Waals surface area contributed by atoms with E-state index in [-0.39, 0.29) is 12.4 Å². The molecule has 0 spiro atoms. The molecule has 0 aliphatic carbocycles. The van der Waals surface area contributed by atoms with E-state index in [1.807, 2.05) is 31.2 Å². The molecule has 0 radical (unpaired) electrons. The van der Waals surface area contributed by atoms with Gasteiger partial charge in [-0.05, 0) is 43.3 Å². The van der Waals surface area contributed by atoms with Gasteiger partial charge in [-0.15, -0.1) is 0 Å². The number of nitrogens with zero attached hydrogens (tertiary/aromatic N) is 6. The van der Waals surface area contributed by atoms with Gasteiger partial charge in [-0.3, -0.25) is 14.6 Å². The van der Waals surface area contributed by atoms with Crippen molar-refractivity contribution >= 4 is 33.4 Å². The van der Waals surface area contributed by atoms with Gasteiger partial charge in [0.1, 0.15) is 12.3 Å². The van der Waals surface area contributed by atoms with E-state index in [4.69, 9.17) is 9.26 Å². The highest BCUT2D eigenvalue weighted by molar-refractivity contribution is 9.10. The van der Waals surface area contributed by atoms with Crippen molar-refractivity contribution in [1.29, 1.82) is 0 Å². The Labute approximate surface area is 191 Å². The molecule has 0 saturated carbocycles. The summed E-state index contributed by atoms with van der Waals surface area (Å²) in [6, 6.07) is 12.5. The first-order valence-corrected chi connectivity index (χ1v) is 10.7. The number of carbonyl (C=O) groups is 2. The van der Waals surface area contributed by atoms with Gasteiger partial charge in [-0.2, -0.15) is 10.1 Å². The Kier molecular flexibility index (Phi) is 5.17. The van der Waals surface area contributed by atoms with E-state index in [0.717, 1.165) is 14.9 Å². The quantitative estimate of drug-likeness (QED) is 0.480. The molecule has 11 heteroatoms. The van der Waals surface area contributed by atoms with Gasteiger partial charge in [0.2, 0.25) is 11.7 Å². The van der Waals surface area contributed by atoms with Crippen LogP contribution in [0.4, 0.5) is 5.69 Å². The Morgan fingerprint density at radius 3 is 2.69 bits per heavy atom. The highest BCUT2D eigenvalue weighted by Gasteiger charge is 2.55. The van der Waals surface area contributed by atoms with Gasteiger partial charge >= 0.3 is 0 Å². The van der Waals surface area contributed by atoms with Crippen LogP contribution in [0.5, 0.6) is 5.75 Å². The van der Waals surface area contributed by atoms with Crippen molar-refractivity contribution in [2.45, 2.75) is 25.6 Å². The van der Waals surface area contributed by atoms with Crippen molar-refractivity contribution in [2.75, 3.05) is 11.5 Å². The number of hydrogen-bond donors (Lipinski definition) is 0. The Morgan fingerprint density at radius 1 is 1.12 bits per heavy atom. The number of carbonyl (C=O) groups excluding carboxylic acids is 2. The molecule has 162 valence electrons. The molecule has 0 unspecified atom stereocenters. The maximum atomic E-state index is 13.1. The number of ether oxygens (including phenoxy) is 1. The fourth-order valence-electron chi connectivity index (χ4n) is 3.67. The maximum Gasteiger partial charge on any atom is 0.263 e. The van der Waals surface area contributed by atoms with Crippen LogP contribution in [-0.4, -0.2) is 45.7 Å². The number of benzene rings is 2. The van der Waals surface area contributed by atoms with Crippen LogP contribution in [0.15, 0.2) is 67.9 Å². The molecule has 2 aliphatic heterocycles. The normalized spacial score (nSPS) is 19.7. The van der Waals surface area contributed by atoms with E-state index in [9.17, 15) is 9.59 Å². The Hall–Kier alpha value is -3.60. The molecule has 3 heterocycles. The molecule has 2 amide bonds. The predicted octanol–water partition coefficient (Wildman–Crippen LogP) is 3.39. The summed E-state index contributed by atoms with van der Waals surface area (Å²) in [5.41, 5.74) is 1.24. The third-order valence-corrected chi connectivity index (χ3v) is 5.61. The smallest absolute Gasteiger partial charge is 0.263 e. The zero-order valence-corrected chi connectivity index (χ0v) is 18.5. The molecular weight excluding hydrogens is 480 g/mol. The zero-order chi connectivity index (χ0) is 22.2. The van der Waals surface area contributed by atoms with Crippen molar-refractivity contribution in [3.63, 3.8) is 0 Å². The Morgan fingerprint density at radius 2 is 1.94 bits per heavy atom. The molecule has 0 N–H and O–H groups in total. The lowest BCUT2D eigenvalue weighted by molar-refractivity contribution is -0.123. The summed E-state index contributed by atoms with van der Waals surface area (Å²) in [4.78, 5) is 31.5. The van der Waals surface area contributed by atoms with E-state index >= 15 is 0 Å². The fourth-order valence-corrected chi connectivity index (χ4v) is 4.07. The van der Waals surface area contributed by atoms with Gasteiger partial charge in [-0.25, -0.2) is 4.90 Å². The van der Waals surface area contributed by atoms with E-state index < -0.39 is 23.9 Å². The zero-order valence-electron chi connectivity index (χ0n) is 16.9. The van der Waals surface area contributed by atoms with Gasteiger partial charge in [-0.1, -0.05) is 38.4 Å². The summed E-state index contributed by atoms with van der Waals surface area (Å²) >= 11 is 3.41. The molecule has 0 bridgehead atoms. The first-order chi connectivity index (χ1) is 15.5. The summed E-state index contributed by atoms with van der Waals surface area (Å²) in [7, 11) is 0. The number of aromatic nitrogens is 2. The first-order valence-electron chi connectivity index (χ1n) is 9.92. The highest BCUT2D eigenvalue weighted by Crippen LogP contribution is 2.33. The Bertz CT molecular complexity index is 1210. The van der Waals surface area contributed by atoms with Crippen molar-refractivity contribution < 1.29 is 18.8 Å². The summed E-state index contributed by atoms with van der Waals surface area (Å²) in [5, 5.41) is 13.4. The molecule has 32 heavy (non-hydrogen) atoms. The second-order valence-corrected chi connectivity index (χ2v) is 8.07. The van der Waals surface area contributed by atoms with E-state index in [1.54, 1.807) is 24.3 Å². The van der Waals surface area contributed by atoms with E-state index in [0.29, 0.717) is 23.9 Å². The molecule has 10 nitrogen and oxygen atoms in total. The second kappa shape index (κ2) is 8.15. The molecule has 2 aromatic carbocycles. The van der Waals surface area contributed by atoms with Crippen LogP contribution < -0.4 is 9.64 Å². The lowest BCUT2D eigenvalue weighted by Crippen LogP contribution is -2.39. The number of hydrogen-bond acceptors (Lipinski definition) is 9. The minimum atomic E-state index is -0.901. The van der Waals surface area contributed by atoms with Crippen LogP contribution in [0.2, 0.25) is 0 Å². The van der Waals surface area contributed by atoms with Crippen molar-refractivity contribution in [3.05, 3.63) is 58.9 Å². The number of imide groups is 1. The third-order valence-electron chi connectivity index (χ3n) is 5.11. The number of rotatable bonds is 6. The molecule has 5 rings (SSSR count). The average Bonchev–Trinajstić information content (AvgIpc) is 3.48. The van der Waals surface area contributed by atoms with Crippen LogP contribution in [0, 0.1) is 0 Å². The van der Waals surface area contributed by atoms with E-state index in [1.165, 1.54) is 5.01 Å². The van der Waals surface area contributed by atoms with Gasteiger partial charge in [0.25, 0.3) is 11.8 Å². The lowest BCUT2D eigenvalue weighted by Gasteiger charge is -2.19. The number of amides is 2. The van der Waals surface area contributed by atoms with Crippen molar-refractivity contribution in [2.24, 2.45) is 10.3 Å². The average molecular weight is 497 g/mol. The molecule has 1 aromatic heterocycles. The highest BCUT2D eigenvalue weighted by atomic mass is 79.9. The summed E-state index contributed by atoms with van der Waals surface area (Å²) in [5.74, 6) is 0.518. The minimum Gasteiger partial charge on any atom is -0.494 e. The molecule has 1 fully saturated rings. The van der Waals surface area contributed by atoms with Crippen LogP contribution >= 0.6 is 15.9 Å². The molecule has 2 atom stereocenters. The van der Waals surface area contributed by atoms with Crippen LogP contribution in [0.1, 0.15) is 12.8 Å². The number of anilines is 1. The predicted molar refractivity (Wildman–Crippen MR) is 116 cm³/mol. The first kappa shape index (κ1) is 20.3. The Balaban J connectivity index is 1.34. The molecule has 1 saturated heterocycles. The second-order valence-electron chi connectivity index (χ2n) is 7.15. The summed E-state index contributed by atoms with van der Waals surface area (Å²) in [6.45, 7) is 2.47. The summed E-state index contributed by atoms with van der Waals surface area (Å²) < 4.78 is 11.6. The number of halogens is 1. The SMILES string of the molecule is CCOc1ccc(N2C(=O)[C@H]3N=NN(Cc4nc(-c5cccc(Br)c5)no4)[C@H]3C2=O)cc1. The maximum absolute atomic E-state index is 13.1. The van der Waals surface area contributed by atoms with Crippen LogP contribution in [0.3, 0.4) is 0 Å². The lowest BCUT2D eigenvalue weighted by atomic mass is 10.1. The largest absolute Gasteiger partial charge is 0.494 e. The van der Waals surface area contributed by atoms with Crippen LogP contribution in [-0.2, 0) is 16.1 Å². The van der Waals surface area contributed by atoms with Crippen molar-refractivity contribution in [3.8, 4) is 17.1 Å².